The zero-order chi connectivity index (χ0) is 12.8. The third kappa shape index (κ3) is 3.03. The maximum Gasteiger partial charge on any atom is 0.169 e. The minimum Gasteiger partial charge on any atom is -0.493 e. The van der Waals surface area contributed by atoms with Gasteiger partial charge in [-0.1, -0.05) is 25.3 Å². The number of methoxy groups -OCH3 is 2. The van der Waals surface area contributed by atoms with E-state index in [-0.39, 0.29) is 0 Å². The highest BCUT2D eigenvalue weighted by atomic mass is 16.5. The van der Waals surface area contributed by atoms with Crippen LogP contribution in [0.2, 0.25) is 0 Å². The van der Waals surface area contributed by atoms with Gasteiger partial charge in [0.05, 0.1) is 14.2 Å². The third-order valence-corrected chi connectivity index (χ3v) is 3.43. The molecule has 98 valence electrons. The molecule has 0 aliphatic heterocycles. The van der Waals surface area contributed by atoms with Crippen molar-refractivity contribution in [3.8, 4) is 11.5 Å². The molecule has 0 spiro atoms. The molecule has 3 nitrogen and oxygen atoms in total. The first-order chi connectivity index (χ1) is 8.85. The van der Waals surface area contributed by atoms with Crippen molar-refractivity contribution in [1.29, 1.82) is 0 Å². The number of rotatable bonds is 4. The number of aliphatic imine (C=N–C) groups is 1. The van der Waals surface area contributed by atoms with Crippen molar-refractivity contribution >= 4 is 6.21 Å². The van der Waals surface area contributed by atoms with Crippen molar-refractivity contribution in [2.45, 2.75) is 38.1 Å². The minimum atomic E-state index is 0.481. The molecule has 0 aromatic heterocycles. The lowest BCUT2D eigenvalue weighted by Gasteiger charge is -2.17. The summed E-state index contributed by atoms with van der Waals surface area (Å²) in [6.45, 7) is 0. The average Bonchev–Trinajstić information content (AvgIpc) is 2.45. The molecule has 3 heteroatoms. The number of benzene rings is 1. The van der Waals surface area contributed by atoms with Crippen LogP contribution in [-0.2, 0) is 0 Å². The second-order valence-electron chi connectivity index (χ2n) is 4.65. The Morgan fingerprint density at radius 1 is 1.11 bits per heavy atom. The van der Waals surface area contributed by atoms with Gasteiger partial charge in [0.25, 0.3) is 0 Å². The minimum absolute atomic E-state index is 0.481. The van der Waals surface area contributed by atoms with Crippen LogP contribution in [0.25, 0.3) is 0 Å². The summed E-state index contributed by atoms with van der Waals surface area (Å²) in [7, 11) is 3.32. The number of ether oxygens (including phenoxy) is 2. The van der Waals surface area contributed by atoms with Crippen molar-refractivity contribution in [2.24, 2.45) is 4.99 Å². The van der Waals surface area contributed by atoms with E-state index in [2.05, 4.69) is 4.99 Å². The highest BCUT2D eigenvalue weighted by molar-refractivity contribution is 5.85. The molecule has 0 atom stereocenters. The second kappa shape index (κ2) is 6.43. The van der Waals surface area contributed by atoms with E-state index >= 15 is 0 Å². The van der Waals surface area contributed by atoms with Gasteiger partial charge in [-0.3, -0.25) is 4.99 Å². The summed E-state index contributed by atoms with van der Waals surface area (Å²) in [4.78, 5) is 4.68. The number of hydrogen-bond donors (Lipinski definition) is 0. The first-order valence-electron chi connectivity index (χ1n) is 6.59. The van der Waals surface area contributed by atoms with Crippen molar-refractivity contribution in [3.63, 3.8) is 0 Å². The quantitative estimate of drug-likeness (QED) is 0.763. The molecular formula is C15H21NO2. The molecule has 1 saturated carbocycles. The zero-order valence-electron chi connectivity index (χ0n) is 11.2. The molecule has 0 saturated heterocycles. The molecule has 1 aromatic carbocycles. The molecule has 18 heavy (non-hydrogen) atoms. The highest BCUT2D eigenvalue weighted by Gasteiger charge is 2.12. The Balaban J connectivity index is 2.14. The molecule has 1 aliphatic rings. The van der Waals surface area contributed by atoms with Crippen molar-refractivity contribution in [1.82, 2.24) is 0 Å². The van der Waals surface area contributed by atoms with Gasteiger partial charge < -0.3 is 9.47 Å². The topological polar surface area (TPSA) is 30.8 Å². The Kier molecular flexibility index (Phi) is 4.62. The predicted molar refractivity (Wildman–Crippen MR) is 74.0 cm³/mol. The summed E-state index contributed by atoms with van der Waals surface area (Å²) in [5, 5.41) is 0. The zero-order valence-corrected chi connectivity index (χ0v) is 11.2. The molecular weight excluding hydrogens is 226 g/mol. The Labute approximate surface area is 109 Å². The highest BCUT2D eigenvalue weighted by Crippen LogP contribution is 2.30. The van der Waals surface area contributed by atoms with Gasteiger partial charge in [-0.15, -0.1) is 0 Å². The van der Waals surface area contributed by atoms with Crippen molar-refractivity contribution in [2.75, 3.05) is 14.2 Å². The van der Waals surface area contributed by atoms with Gasteiger partial charge in [0.2, 0.25) is 0 Å². The number of para-hydroxylation sites is 1. The molecule has 0 heterocycles. The lowest BCUT2D eigenvalue weighted by molar-refractivity contribution is 0.354. The largest absolute Gasteiger partial charge is 0.493 e. The molecule has 1 aromatic rings. The van der Waals surface area contributed by atoms with Gasteiger partial charge in [-0.2, -0.15) is 0 Å². The summed E-state index contributed by atoms with van der Waals surface area (Å²) in [6, 6.07) is 6.35. The van der Waals surface area contributed by atoms with Crippen LogP contribution >= 0.6 is 0 Å². The van der Waals surface area contributed by atoms with Crippen LogP contribution < -0.4 is 9.47 Å². The fourth-order valence-electron chi connectivity index (χ4n) is 2.43. The molecule has 0 bridgehead atoms. The Bertz CT molecular complexity index is 409. The molecule has 1 aliphatic carbocycles. The first-order valence-corrected chi connectivity index (χ1v) is 6.59. The summed E-state index contributed by atoms with van der Waals surface area (Å²) in [5.74, 6) is 1.52. The first kappa shape index (κ1) is 12.9. The van der Waals surface area contributed by atoms with E-state index in [0.717, 1.165) is 17.1 Å². The molecule has 0 radical (unpaired) electrons. The smallest absolute Gasteiger partial charge is 0.169 e. The van der Waals surface area contributed by atoms with E-state index in [1.165, 1.54) is 32.1 Å². The number of hydrogen-bond acceptors (Lipinski definition) is 3. The fourth-order valence-corrected chi connectivity index (χ4v) is 2.43. The lowest BCUT2D eigenvalue weighted by Crippen LogP contribution is -2.09. The second-order valence-corrected chi connectivity index (χ2v) is 4.65. The average molecular weight is 247 g/mol. The summed E-state index contributed by atoms with van der Waals surface area (Å²) < 4.78 is 10.7. The van der Waals surface area contributed by atoms with Crippen LogP contribution in [0.3, 0.4) is 0 Å². The van der Waals surface area contributed by atoms with E-state index in [9.17, 15) is 0 Å². The summed E-state index contributed by atoms with van der Waals surface area (Å²) >= 11 is 0. The van der Waals surface area contributed by atoms with Crippen LogP contribution in [0.5, 0.6) is 11.5 Å². The van der Waals surface area contributed by atoms with Crippen LogP contribution in [0.15, 0.2) is 23.2 Å². The van der Waals surface area contributed by atoms with Crippen molar-refractivity contribution in [3.05, 3.63) is 23.8 Å². The van der Waals surface area contributed by atoms with E-state index in [1.54, 1.807) is 14.2 Å². The number of nitrogens with zero attached hydrogens (tertiary/aromatic N) is 1. The normalized spacial score (nSPS) is 17.0. The maximum atomic E-state index is 5.39. The van der Waals surface area contributed by atoms with Gasteiger partial charge in [0.15, 0.2) is 11.5 Å². The monoisotopic (exact) mass is 247 g/mol. The van der Waals surface area contributed by atoms with E-state index in [0.29, 0.717) is 6.04 Å². The van der Waals surface area contributed by atoms with Crippen LogP contribution in [0, 0.1) is 0 Å². The van der Waals surface area contributed by atoms with Gasteiger partial charge in [-0.05, 0) is 25.0 Å². The molecule has 0 amide bonds. The summed E-state index contributed by atoms with van der Waals surface area (Å²) in [5.41, 5.74) is 0.988. The van der Waals surface area contributed by atoms with E-state index in [1.807, 2.05) is 24.4 Å². The maximum absolute atomic E-state index is 5.39. The Morgan fingerprint density at radius 2 is 1.89 bits per heavy atom. The van der Waals surface area contributed by atoms with E-state index in [4.69, 9.17) is 9.47 Å². The van der Waals surface area contributed by atoms with Gasteiger partial charge in [0.1, 0.15) is 0 Å². The van der Waals surface area contributed by atoms with E-state index < -0.39 is 0 Å². The molecule has 1 fully saturated rings. The Hall–Kier alpha value is -1.51. The molecule has 0 N–H and O–H groups in total. The SMILES string of the molecule is COc1cccc(C=NC2CCCCC2)c1OC. The fraction of sp³-hybridized carbons (Fsp3) is 0.533. The molecule has 2 rings (SSSR count). The van der Waals surface area contributed by atoms with Crippen molar-refractivity contribution < 1.29 is 9.47 Å². The van der Waals surface area contributed by atoms with Crippen LogP contribution in [0.4, 0.5) is 0 Å². The van der Waals surface area contributed by atoms with Crippen LogP contribution in [-0.4, -0.2) is 26.5 Å². The van der Waals surface area contributed by atoms with Gasteiger partial charge in [0, 0.05) is 17.8 Å². The standard InChI is InChI=1S/C15H21NO2/c1-17-14-10-6-7-12(15(14)18-2)11-16-13-8-4-3-5-9-13/h6-7,10-11,13H,3-5,8-9H2,1-2H3. The summed E-state index contributed by atoms with van der Waals surface area (Å²) in [6.07, 6.45) is 8.31. The predicted octanol–water partition coefficient (Wildman–Crippen LogP) is 3.46. The van der Waals surface area contributed by atoms with Crippen LogP contribution in [0.1, 0.15) is 37.7 Å². The third-order valence-electron chi connectivity index (χ3n) is 3.43. The Morgan fingerprint density at radius 3 is 2.56 bits per heavy atom. The van der Waals surface area contributed by atoms with Gasteiger partial charge in [-0.25, -0.2) is 0 Å². The van der Waals surface area contributed by atoms with Gasteiger partial charge >= 0.3 is 0 Å². The molecule has 0 unspecified atom stereocenters. The lowest BCUT2D eigenvalue weighted by atomic mass is 9.96.